The van der Waals surface area contributed by atoms with Gasteiger partial charge in [0.05, 0.1) is 0 Å². The van der Waals surface area contributed by atoms with Crippen LogP contribution in [0.4, 0.5) is 0 Å². The molecule has 0 saturated heterocycles. The lowest BCUT2D eigenvalue weighted by Crippen LogP contribution is -2.25. The molecule has 16 heavy (non-hydrogen) atoms. The van der Waals surface area contributed by atoms with Crippen LogP contribution in [0.3, 0.4) is 0 Å². The van der Waals surface area contributed by atoms with Crippen molar-refractivity contribution < 1.29 is 24.2 Å². The largest absolute Gasteiger partial charge is 0.460 e. The van der Waals surface area contributed by atoms with Gasteiger partial charge in [-0.05, 0) is 13.8 Å². The Bertz CT molecular complexity index is 293. The number of aliphatic hydroxyl groups excluding tert-OH is 1. The molecule has 0 rings (SSSR count). The molecule has 0 bridgehead atoms. The molecule has 0 radical (unpaired) electrons. The van der Waals surface area contributed by atoms with Crippen LogP contribution in [0, 0.1) is 0 Å². The Labute approximate surface area is 94.4 Å². The van der Waals surface area contributed by atoms with E-state index in [0.29, 0.717) is 5.57 Å². The van der Waals surface area contributed by atoms with E-state index in [9.17, 15) is 14.7 Å². The van der Waals surface area contributed by atoms with Crippen LogP contribution < -0.4 is 0 Å². The van der Waals surface area contributed by atoms with Gasteiger partial charge in [-0.2, -0.15) is 0 Å². The lowest BCUT2D eigenvalue weighted by Gasteiger charge is -2.11. The van der Waals surface area contributed by atoms with Crippen molar-refractivity contribution in [1.82, 2.24) is 0 Å². The van der Waals surface area contributed by atoms with Crippen LogP contribution in [0.25, 0.3) is 0 Å². The predicted octanol–water partition coefficient (Wildman–Crippen LogP) is 0.586. The molecular weight excluding hydrogens is 212 g/mol. The first-order chi connectivity index (χ1) is 7.51. The van der Waals surface area contributed by atoms with E-state index in [0.717, 1.165) is 6.08 Å². The zero-order valence-electron chi connectivity index (χ0n) is 9.43. The van der Waals surface area contributed by atoms with Gasteiger partial charge in [-0.1, -0.05) is 12.7 Å². The summed E-state index contributed by atoms with van der Waals surface area (Å²) in [6.07, 6.45) is 1.56. The normalized spacial score (nSPS) is 12.8. The van der Waals surface area contributed by atoms with Crippen LogP contribution in [0.5, 0.6) is 0 Å². The van der Waals surface area contributed by atoms with Gasteiger partial charge in [0, 0.05) is 11.6 Å². The molecule has 0 aromatic rings. The highest BCUT2D eigenvalue weighted by Gasteiger charge is 2.11. The molecule has 1 N–H and O–H groups in total. The van der Waals surface area contributed by atoms with Gasteiger partial charge in [-0.25, -0.2) is 9.59 Å². The third-order valence-electron chi connectivity index (χ3n) is 1.75. The van der Waals surface area contributed by atoms with Crippen LogP contribution in [0.15, 0.2) is 24.3 Å². The number of carbonyl (C=O) groups is 2. The average Bonchev–Trinajstić information content (AvgIpc) is 2.31. The summed E-state index contributed by atoms with van der Waals surface area (Å²) in [5.41, 5.74) is 0.454. The molecule has 0 amide bonds. The van der Waals surface area contributed by atoms with Gasteiger partial charge in [0.2, 0.25) is 0 Å². The number of hydrogen-bond donors (Lipinski definition) is 1. The second kappa shape index (κ2) is 7.64. The number of rotatable bonds is 6. The molecule has 0 aliphatic carbocycles. The first kappa shape index (κ1) is 14.4. The molecule has 0 heterocycles. The molecule has 0 aliphatic heterocycles. The number of allylic oxidation sites excluding steroid dienone is 1. The van der Waals surface area contributed by atoms with Crippen molar-refractivity contribution in [3.05, 3.63) is 24.3 Å². The van der Waals surface area contributed by atoms with Gasteiger partial charge < -0.3 is 14.6 Å². The number of hydrogen-bond acceptors (Lipinski definition) is 5. The van der Waals surface area contributed by atoms with E-state index in [1.807, 2.05) is 0 Å². The molecule has 0 fully saturated rings. The Morgan fingerprint density at radius 3 is 2.44 bits per heavy atom. The summed E-state index contributed by atoms with van der Waals surface area (Å²) in [4.78, 5) is 21.8. The fourth-order valence-corrected chi connectivity index (χ4v) is 0.689. The van der Waals surface area contributed by atoms with Crippen LogP contribution in [0.2, 0.25) is 0 Å². The fourth-order valence-electron chi connectivity index (χ4n) is 0.689. The molecule has 5 heteroatoms. The minimum absolute atomic E-state index is 0.214. The summed E-state index contributed by atoms with van der Waals surface area (Å²) < 4.78 is 9.31. The van der Waals surface area contributed by atoms with Crippen molar-refractivity contribution in [2.75, 3.05) is 13.2 Å². The van der Waals surface area contributed by atoms with Gasteiger partial charge in [0.1, 0.15) is 19.3 Å². The number of esters is 2. The SMILES string of the molecule is C=CC(=O)OCC(O)COC(=O)C(C)=CC. The zero-order valence-corrected chi connectivity index (χ0v) is 9.43. The highest BCUT2D eigenvalue weighted by molar-refractivity contribution is 5.87. The van der Waals surface area contributed by atoms with Crippen molar-refractivity contribution >= 4 is 11.9 Å². The molecule has 5 nitrogen and oxygen atoms in total. The lowest BCUT2D eigenvalue weighted by molar-refractivity contribution is -0.146. The minimum atomic E-state index is -1.03. The number of ether oxygens (including phenoxy) is 2. The molecular formula is C11H16O5. The summed E-state index contributed by atoms with van der Waals surface area (Å²) in [6, 6.07) is 0. The third-order valence-corrected chi connectivity index (χ3v) is 1.75. The van der Waals surface area contributed by atoms with E-state index in [4.69, 9.17) is 4.74 Å². The summed E-state index contributed by atoms with van der Waals surface area (Å²) in [7, 11) is 0. The molecule has 1 unspecified atom stereocenters. The van der Waals surface area contributed by atoms with Crippen LogP contribution in [0.1, 0.15) is 13.8 Å². The first-order valence-corrected chi connectivity index (χ1v) is 4.78. The molecule has 1 atom stereocenters. The summed E-state index contributed by atoms with van der Waals surface area (Å²) in [5, 5.41) is 9.29. The fraction of sp³-hybridized carbons (Fsp3) is 0.455. The van der Waals surface area contributed by atoms with Crippen LogP contribution >= 0.6 is 0 Å². The van der Waals surface area contributed by atoms with E-state index in [-0.39, 0.29) is 13.2 Å². The Morgan fingerprint density at radius 1 is 1.38 bits per heavy atom. The third kappa shape index (κ3) is 5.98. The van der Waals surface area contributed by atoms with E-state index in [1.54, 1.807) is 19.9 Å². The molecule has 0 aliphatic rings. The molecule has 0 aromatic heterocycles. The van der Waals surface area contributed by atoms with Gasteiger partial charge in [-0.3, -0.25) is 0 Å². The van der Waals surface area contributed by atoms with Gasteiger partial charge in [-0.15, -0.1) is 0 Å². The maximum absolute atomic E-state index is 11.1. The quantitative estimate of drug-likeness (QED) is 0.532. The van der Waals surface area contributed by atoms with E-state index in [1.165, 1.54) is 0 Å². The summed E-state index contributed by atoms with van der Waals surface area (Å²) >= 11 is 0. The van der Waals surface area contributed by atoms with E-state index >= 15 is 0 Å². The van der Waals surface area contributed by atoms with Crippen molar-refractivity contribution in [3.8, 4) is 0 Å². The number of carbonyl (C=O) groups excluding carboxylic acids is 2. The Kier molecular flexibility index (Phi) is 6.87. The molecule has 0 spiro atoms. The average molecular weight is 228 g/mol. The predicted molar refractivity (Wildman–Crippen MR) is 57.6 cm³/mol. The van der Waals surface area contributed by atoms with Gasteiger partial charge in [0.15, 0.2) is 0 Å². The van der Waals surface area contributed by atoms with Crippen molar-refractivity contribution in [3.63, 3.8) is 0 Å². The lowest BCUT2D eigenvalue weighted by atomic mass is 10.3. The Balaban J connectivity index is 3.81. The standard InChI is InChI=1S/C11H16O5/c1-4-8(3)11(14)16-7-9(12)6-15-10(13)5-2/h4-5,9,12H,2,6-7H2,1,3H3. The smallest absolute Gasteiger partial charge is 0.333 e. The van der Waals surface area contributed by atoms with E-state index in [2.05, 4.69) is 11.3 Å². The maximum atomic E-state index is 11.1. The van der Waals surface area contributed by atoms with Crippen LogP contribution in [-0.2, 0) is 19.1 Å². The summed E-state index contributed by atoms with van der Waals surface area (Å²) in [5.74, 6) is -1.13. The second-order valence-electron chi connectivity index (χ2n) is 3.06. The van der Waals surface area contributed by atoms with Crippen molar-refractivity contribution in [2.45, 2.75) is 20.0 Å². The Morgan fingerprint density at radius 2 is 1.94 bits per heavy atom. The van der Waals surface area contributed by atoms with E-state index < -0.39 is 18.0 Å². The molecule has 0 saturated carbocycles. The topological polar surface area (TPSA) is 72.8 Å². The number of aliphatic hydroxyl groups is 1. The highest BCUT2D eigenvalue weighted by Crippen LogP contribution is 1.97. The molecule has 90 valence electrons. The van der Waals surface area contributed by atoms with Crippen molar-refractivity contribution in [1.29, 1.82) is 0 Å². The summed E-state index contributed by atoms with van der Waals surface area (Å²) in [6.45, 7) is 6.07. The highest BCUT2D eigenvalue weighted by atomic mass is 16.6. The zero-order chi connectivity index (χ0) is 12.6. The van der Waals surface area contributed by atoms with Crippen molar-refractivity contribution in [2.24, 2.45) is 0 Å². The van der Waals surface area contributed by atoms with Gasteiger partial charge >= 0.3 is 11.9 Å². The minimum Gasteiger partial charge on any atom is -0.460 e. The second-order valence-corrected chi connectivity index (χ2v) is 3.06. The maximum Gasteiger partial charge on any atom is 0.333 e. The first-order valence-electron chi connectivity index (χ1n) is 4.78. The molecule has 0 aromatic carbocycles. The monoisotopic (exact) mass is 228 g/mol. The van der Waals surface area contributed by atoms with Crippen LogP contribution in [-0.4, -0.2) is 36.4 Å². The van der Waals surface area contributed by atoms with Gasteiger partial charge in [0.25, 0.3) is 0 Å². The Hall–Kier alpha value is -1.62.